The molecule has 0 spiro atoms. The lowest BCUT2D eigenvalue weighted by molar-refractivity contribution is -0.115. The van der Waals surface area contributed by atoms with Crippen molar-refractivity contribution in [2.75, 3.05) is 11.9 Å². The normalized spacial score (nSPS) is 11.3. The van der Waals surface area contributed by atoms with Gasteiger partial charge in [0.25, 0.3) is 0 Å². The molecule has 7 heteroatoms. The van der Waals surface area contributed by atoms with Crippen molar-refractivity contribution in [3.8, 4) is 5.75 Å². The van der Waals surface area contributed by atoms with Crippen LogP contribution in [-0.2, 0) is 14.8 Å². The van der Waals surface area contributed by atoms with Gasteiger partial charge in [0.2, 0.25) is 15.9 Å². The van der Waals surface area contributed by atoms with Crippen LogP contribution in [0, 0.1) is 0 Å². The highest BCUT2D eigenvalue weighted by molar-refractivity contribution is 7.89. The largest absolute Gasteiger partial charge is 0.491 e. The maximum absolute atomic E-state index is 12.0. The number of anilines is 1. The number of ether oxygens (including phenoxy) is 1. The molecule has 0 aliphatic rings. The van der Waals surface area contributed by atoms with Crippen molar-refractivity contribution in [3.63, 3.8) is 0 Å². The molecule has 0 unspecified atom stereocenters. The molecule has 0 fully saturated rings. The van der Waals surface area contributed by atoms with Gasteiger partial charge in [-0.25, -0.2) is 13.1 Å². The molecule has 0 saturated heterocycles. The highest BCUT2D eigenvalue weighted by Crippen LogP contribution is 2.16. The van der Waals surface area contributed by atoms with Gasteiger partial charge in [-0.15, -0.1) is 0 Å². The van der Waals surface area contributed by atoms with Crippen LogP contribution in [0.2, 0.25) is 0 Å². The number of benzene rings is 2. The number of hydrogen-bond donors (Lipinski definition) is 2. The SMILES string of the molecule is CC(C)Oc1ccc(NC(=O)CNS(=O)(=O)c2ccccc2)cc1. The summed E-state index contributed by atoms with van der Waals surface area (Å²) < 4.78 is 31.8. The van der Waals surface area contributed by atoms with Crippen molar-refractivity contribution in [1.82, 2.24) is 4.72 Å². The first kappa shape index (κ1) is 18.0. The first-order chi connectivity index (χ1) is 11.4. The predicted molar refractivity (Wildman–Crippen MR) is 92.5 cm³/mol. The van der Waals surface area contributed by atoms with Gasteiger partial charge in [0.1, 0.15) is 5.75 Å². The summed E-state index contributed by atoms with van der Waals surface area (Å²) in [5, 5.41) is 2.63. The van der Waals surface area contributed by atoms with E-state index in [4.69, 9.17) is 4.74 Å². The molecule has 0 atom stereocenters. The summed E-state index contributed by atoms with van der Waals surface area (Å²) in [7, 11) is -3.70. The summed E-state index contributed by atoms with van der Waals surface area (Å²) in [6.45, 7) is 3.50. The molecule has 2 N–H and O–H groups in total. The van der Waals surface area contributed by atoms with Crippen molar-refractivity contribution < 1.29 is 17.9 Å². The number of amides is 1. The van der Waals surface area contributed by atoms with Gasteiger partial charge in [-0.1, -0.05) is 18.2 Å². The van der Waals surface area contributed by atoms with Crippen molar-refractivity contribution in [2.24, 2.45) is 0 Å². The Morgan fingerprint density at radius 1 is 1.04 bits per heavy atom. The summed E-state index contributed by atoms with van der Waals surface area (Å²) in [5.74, 6) is 0.250. The zero-order chi connectivity index (χ0) is 17.6. The fraction of sp³-hybridized carbons (Fsp3) is 0.235. The second kappa shape index (κ2) is 7.94. The van der Waals surface area contributed by atoms with E-state index in [1.807, 2.05) is 13.8 Å². The zero-order valence-corrected chi connectivity index (χ0v) is 14.3. The van der Waals surface area contributed by atoms with Gasteiger partial charge in [0, 0.05) is 5.69 Å². The molecule has 0 radical (unpaired) electrons. The van der Waals surface area contributed by atoms with Crippen LogP contribution < -0.4 is 14.8 Å². The Hall–Kier alpha value is -2.38. The lowest BCUT2D eigenvalue weighted by Crippen LogP contribution is -2.32. The summed E-state index contributed by atoms with van der Waals surface area (Å²) >= 11 is 0. The number of carbonyl (C=O) groups is 1. The molecule has 0 aliphatic carbocycles. The monoisotopic (exact) mass is 348 g/mol. The van der Waals surface area contributed by atoms with Gasteiger partial charge in [-0.2, -0.15) is 0 Å². The summed E-state index contributed by atoms with van der Waals surface area (Å²) in [6, 6.07) is 14.8. The van der Waals surface area contributed by atoms with E-state index in [0.717, 1.165) is 0 Å². The van der Waals surface area contributed by atoms with Crippen molar-refractivity contribution in [2.45, 2.75) is 24.8 Å². The van der Waals surface area contributed by atoms with Gasteiger partial charge in [-0.05, 0) is 50.2 Å². The maximum atomic E-state index is 12.0. The lowest BCUT2D eigenvalue weighted by atomic mass is 10.3. The molecule has 0 aromatic heterocycles. The molecular weight excluding hydrogens is 328 g/mol. The molecule has 6 nitrogen and oxygen atoms in total. The fourth-order valence-electron chi connectivity index (χ4n) is 1.94. The topological polar surface area (TPSA) is 84.5 Å². The van der Waals surface area contributed by atoms with Crippen LogP contribution in [0.25, 0.3) is 0 Å². The number of sulfonamides is 1. The second-order valence-corrected chi connectivity index (χ2v) is 7.14. The Labute approximate surface area is 141 Å². The van der Waals surface area contributed by atoms with Gasteiger partial charge >= 0.3 is 0 Å². The molecule has 1 amide bonds. The second-order valence-electron chi connectivity index (χ2n) is 5.38. The van der Waals surface area contributed by atoms with E-state index in [1.165, 1.54) is 12.1 Å². The lowest BCUT2D eigenvalue weighted by Gasteiger charge is -2.11. The molecule has 0 aliphatic heterocycles. The Morgan fingerprint density at radius 3 is 2.25 bits per heavy atom. The Morgan fingerprint density at radius 2 is 1.67 bits per heavy atom. The van der Waals surface area contributed by atoms with Gasteiger partial charge < -0.3 is 10.1 Å². The van der Waals surface area contributed by atoms with Crippen molar-refractivity contribution in [1.29, 1.82) is 0 Å². The average molecular weight is 348 g/mol. The third kappa shape index (κ3) is 5.36. The Bertz CT molecular complexity index is 772. The minimum Gasteiger partial charge on any atom is -0.491 e. The first-order valence-electron chi connectivity index (χ1n) is 7.48. The number of carbonyl (C=O) groups excluding carboxylic acids is 1. The van der Waals surface area contributed by atoms with Crippen LogP contribution in [-0.4, -0.2) is 27.0 Å². The molecule has 2 aromatic rings. The molecule has 0 saturated carbocycles. The van der Waals surface area contributed by atoms with Crippen molar-refractivity contribution in [3.05, 3.63) is 54.6 Å². The zero-order valence-electron chi connectivity index (χ0n) is 13.5. The maximum Gasteiger partial charge on any atom is 0.241 e. The van der Waals surface area contributed by atoms with E-state index in [0.29, 0.717) is 11.4 Å². The summed E-state index contributed by atoms with van der Waals surface area (Å²) in [6.07, 6.45) is 0.0674. The summed E-state index contributed by atoms with van der Waals surface area (Å²) in [5.41, 5.74) is 0.565. The van der Waals surface area contributed by atoms with Crippen LogP contribution in [0.3, 0.4) is 0 Å². The van der Waals surface area contributed by atoms with Crippen LogP contribution >= 0.6 is 0 Å². The van der Waals surface area contributed by atoms with Gasteiger partial charge in [0.05, 0.1) is 17.5 Å². The third-order valence-electron chi connectivity index (χ3n) is 2.99. The Balaban J connectivity index is 1.89. The first-order valence-corrected chi connectivity index (χ1v) is 8.96. The van der Waals surface area contributed by atoms with Crippen LogP contribution in [0.1, 0.15) is 13.8 Å². The Kier molecular flexibility index (Phi) is 5.94. The quantitative estimate of drug-likeness (QED) is 0.805. The average Bonchev–Trinajstić information content (AvgIpc) is 2.55. The van der Waals surface area contributed by atoms with Crippen molar-refractivity contribution >= 4 is 21.6 Å². The summed E-state index contributed by atoms with van der Waals surface area (Å²) in [4.78, 5) is 12.0. The standard InChI is InChI=1S/C17H20N2O4S/c1-13(2)23-15-10-8-14(9-11-15)19-17(20)12-18-24(21,22)16-6-4-3-5-7-16/h3-11,13,18H,12H2,1-2H3,(H,19,20). The third-order valence-corrected chi connectivity index (χ3v) is 4.40. The molecule has 128 valence electrons. The van der Waals surface area contributed by atoms with Crippen LogP contribution in [0.4, 0.5) is 5.69 Å². The molecule has 2 aromatic carbocycles. The molecule has 24 heavy (non-hydrogen) atoms. The van der Waals surface area contributed by atoms with E-state index >= 15 is 0 Å². The highest BCUT2D eigenvalue weighted by Gasteiger charge is 2.14. The number of nitrogens with one attached hydrogen (secondary N) is 2. The van der Waals surface area contributed by atoms with Gasteiger partial charge in [-0.3, -0.25) is 4.79 Å². The van der Waals surface area contributed by atoms with E-state index in [9.17, 15) is 13.2 Å². The minimum absolute atomic E-state index is 0.0674. The van der Waals surface area contributed by atoms with E-state index in [2.05, 4.69) is 10.0 Å². The number of rotatable bonds is 7. The highest BCUT2D eigenvalue weighted by atomic mass is 32.2. The predicted octanol–water partition coefficient (Wildman–Crippen LogP) is 2.39. The molecule has 0 heterocycles. The van der Waals surface area contributed by atoms with E-state index < -0.39 is 15.9 Å². The van der Waals surface area contributed by atoms with E-state index in [1.54, 1.807) is 42.5 Å². The minimum atomic E-state index is -3.70. The van der Waals surface area contributed by atoms with Crippen LogP contribution in [0.15, 0.2) is 59.5 Å². The molecule has 2 rings (SSSR count). The molecule has 0 bridgehead atoms. The molecular formula is C17H20N2O4S. The van der Waals surface area contributed by atoms with E-state index in [-0.39, 0.29) is 17.5 Å². The van der Waals surface area contributed by atoms with Gasteiger partial charge in [0.15, 0.2) is 0 Å². The number of hydrogen-bond acceptors (Lipinski definition) is 4. The van der Waals surface area contributed by atoms with Crippen LogP contribution in [0.5, 0.6) is 5.75 Å². The fourth-order valence-corrected chi connectivity index (χ4v) is 2.94. The smallest absolute Gasteiger partial charge is 0.241 e.